The quantitative estimate of drug-likeness (QED) is 0.151. The first-order valence-corrected chi connectivity index (χ1v) is 11.4. The van der Waals surface area contributed by atoms with E-state index in [1.807, 2.05) is 38.1 Å². The van der Waals surface area contributed by atoms with Gasteiger partial charge in [0.15, 0.2) is 11.5 Å². The molecule has 9 heteroatoms. The van der Waals surface area contributed by atoms with E-state index in [1.54, 1.807) is 30.3 Å². The highest BCUT2D eigenvalue weighted by Gasteiger charge is 2.15. The second-order valence-corrected chi connectivity index (χ2v) is 8.31. The Hall–Kier alpha value is -4.16. The smallest absolute Gasteiger partial charge is 0.269 e. The number of benzene rings is 3. The minimum atomic E-state index is -0.526. The molecule has 8 nitrogen and oxygen atoms in total. The third-order valence-corrected chi connectivity index (χ3v) is 5.53. The average Bonchev–Trinajstić information content (AvgIpc) is 2.83. The molecule has 0 unspecified atom stereocenters. The molecule has 1 N–H and O–H groups in total. The van der Waals surface area contributed by atoms with Crippen molar-refractivity contribution in [2.75, 3.05) is 11.9 Å². The molecule has 0 saturated carbocycles. The molecule has 3 aromatic carbocycles. The molecule has 35 heavy (non-hydrogen) atoms. The third-order valence-electron chi connectivity index (χ3n) is 4.85. The largest absolute Gasteiger partial charge is 0.490 e. The number of nitrogens with one attached hydrogen (secondary N) is 1. The van der Waals surface area contributed by atoms with Gasteiger partial charge in [0.25, 0.3) is 11.6 Å². The lowest BCUT2D eigenvalue weighted by Crippen LogP contribution is -2.13. The molecule has 0 aliphatic rings. The Morgan fingerprint density at radius 2 is 1.86 bits per heavy atom. The van der Waals surface area contributed by atoms with Crippen LogP contribution in [-0.2, 0) is 11.4 Å². The van der Waals surface area contributed by atoms with E-state index >= 15 is 0 Å². The van der Waals surface area contributed by atoms with Crippen molar-refractivity contribution in [3.63, 3.8) is 0 Å². The first-order valence-electron chi connectivity index (χ1n) is 10.6. The molecule has 0 heterocycles. The molecule has 0 aliphatic heterocycles. The van der Waals surface area contributed by atoms with Gasteiger partial charge >= 0.3 is 0 Å². The molecule has 0 aromatic heterocycles. The number of halogens is 1. The molecule has 0 spiro atoms. The Kier molecular flexibility index (Phi) is 8.59. The van der Waals surface area contributed by atoms with Crippen molar-refractivity contribution in [1.29, 1.82) is 5.26 Å². The molecule has 0 bridgehead atoms. The van der Waals surface area contributed by atoms with Gasteiger partial charge in [-0.05, 0) is 73.0 Å². The number of aryl methyl sites for hydroxylation is 1. The highest BCUT2D eigenvalue weighted by Crippen LogP contribution is 2.35. The number of nitriles is 1. The van der Waals surface area contributed by atoms with Gasteiger partial charge in [0.1, 0.15) is 18.2 Å². The first-order chi connectivity index (χ1) is 16.8. The molecule has 178 valence electrons. The maximum Gasteiger partial charge on any atom is 0.269 e. The van der Waals surface area contributed by atoms with Crippen LogP contribution >= 0.6 is 15.9 Å². The number of non-ortho nitro benzene ring substituents is 1. The summed E-state index contributed by atoms with van der Waals surface area (Å²) in [4.78, 5) is 23.0. The summed E-state index contributed by atoms with van der Waals surface area (Å²) < 4.78 is 12.2. The lowest BCUT2D eigenvalue weighted by molar-refractivity contribution is -0.384. The van der Waals surface area contributed by atoms with Gasteiger partial charge in [-0.2, -0.15) is 5.26 Å². The molecule has 0 atom stereocenters. The van der Waals surface area contributed by atoms with Gasteiger partial charge in [-0.1, -0.05) is 28.1 Å². The zero-order chi connectivity index (χ0) is 25.4. The van der Waals surface area contributed by atoms with Crippen molar-refractivity contribution in [2.45, 2.75) is 20.5 Å². The number of carbonyl (C=O) groups excluding carboxylic acids is 1. The van der Waals surface area contributed by atoms with Crippen molar-refractivity contribution in [3.05, 3.63) is 97.5 Å². The van der Waals surface area contributed by atoms with E-state index in [9.17, 15) is 20.2 Å². The van der Waals surface area contributed by atoms with Crippen LogP contribution in [0.2, 0.25) is 0 Å². The van der Waals surface area contributed by atoms with Gasteiger partial charge in [-0.25, -0.2) is 0 Å². The normalized spacial score (nSPS) is 10.9. The Bertz CT molecular complexity index is 1310. The number of anilines is 1. The summed E-state index contributed by atoms with van der Waals surface area (Å²) >= 11 is 3.47. The third kappa shape index (κ3) is 6.91. The van der Waals surface area contributed by atoms with Crippen LogP contribution in [0.25, 0.3) is 6.08 Å². The molecule has 1 amide bonds. The predicted octanol–water partition coefficient (Wildman–Crippen LogP) is 6.19. The fourth-order valence-electron chi connectivity index (χ4n) is 3.14. The van der Waals surface area contributed by atoms with Crippen LogP contribution in [0, 0.1) is 28.4 Å². The molecule has 0 radical (unpaired) electrons. The van der Waals surface area contributed by atoms with Crippen LogP contribution in [0.15, 0.2) is 70.7 Å². The summed E-state index contributed by atoms with van der Waals surface area (Å²) in [5.41, 5.74) is 2.82. The summed E-state index contributed by atoms with van der Waals surface area (Å²) in [6.07, 6.45) is 1.47. The number of carbonyl (C=O) groups is 1. The Balaban J connectivity index is 1.82. The monoisotopic (exact) mass is 535 g/mol. The van der Waals surface area contributed by atoms with Crippen molar-refractivity contribution in [1.82, 2.24) is 0 Å². The average molecular weight is 536 g/mol. The van der Waals surface area contributed by atoms with Crippen molar-refractivity contribution < 1.29 is 19.2 Å². The van der Waals surface area contributed by atoms with Crippen LogP contribution in [0.3, 0.4) is 0 Å². The topological polar surface area (TPSA) is 114 Å². The standard InChI is InChI=1S/C26H22BrN3O5/c1-3-34-24-13-19(12-20(15-28)26(31)29-21-6-4-5-17(2)11-21)23(27)14-25(24)35-16-18-7-9-22(10-8-18)30(32)33/h4-14H,3,16H2,1-2H3,(H,29,31)/b20-12+. The number of amides is 1. The Morgan fingerprint density at radius 3 is 2.49 bits per heavy atom. The van der Waals surface area contributed by atoms with E-state index in [1.165, 1.54) is 18.2 Å². The number of hydrogen-bond donors (Lipinski definition) is 1. The second kappa shape index (κ2) is 11.8. The molecule has 3 rings (SSSR count). The highest BCUT2D eigenvalue weighted by molar-refractivity contribution is 9.10. The van der Waals surface area contributed by atoms with Crippen LogP contribution in [-0.4, -0.2) is 17.4 Å². The molecule has 0 aliphatic carbocycles. The van der Waals surface area contributed by atoms with E-state index in [0.29, 0.717) is 33.8 Å². The molecular weight excluding hydrogens is 514 g/mol. The number of rotatable bonds is 9. The number of nitrogens with zero attached hydrogens (tertiary/aromatic N) is 2. The maximum absolute atomic E-state index is 12.7. The van der Waals surface area contributed by atoms with Crippen molar-refractivity contribution >= 4 is 39.3 Å². The predicted molar refractivity (Wildman–Crippen MR) is 136 cm³/mol. The number of nitro groups is 1. The molecule has 3 aromatic rings. The van der Waals surface area contributed by atoms with Gasteiger partial charge in [-0.3, -0.25) is 14.9 Å². The first kappa shape index (κ1) is 25.5. The molecular formula is C26H22BrN3O5. The summed E-state index contributed by atoms with van der Waals surface area (Å²) in [5, 5.41) is 23.1. The summed E-state index contributed by atoms with van der Waals surface area (Å²) in [5.74, 6) is 0.346. The highest BCUT2D eigenvalue weighted by atomic mass is 79.9. The zero-order valence-corrected chi connectivity index (χ0v) is 20.7. The van der Waals surface area contributed by atoms with Crippen LogP contribution in [0.1, 0.15) is 23.6 Å². The van der Waals surface area contributed by atoms with Gasteiger partial charge in [0.2, 0.25) is 0 Å². The van der Waals surface area contributed by atoms with Gasteiger partial charge in [-0.15, -0.1) is 0 Å². The fraction of sp³-hybridized carbons (Fsp3) is 0.154. The van der Waals surface area contributed by atoms with Crippen molar-refractivity contribution in [3.8, 4) is 17.6 Å². The van der Waals surface area contributed by atoms with Gasteiger partial charge < -0.3 is 14.8 Å². The SMILES string of the molecule is CCOc1cc(/C=C(\C#N)C(=O)Nc2cccc(C)c2)c(Br)cc1OCc1ccc([N+](=O)[O-])cc1. The number of nitro benzene ring substituents is 1. The minimum Gasteiger partial charge on any atom is -0.490 e. The van der Waals surface area contributed by atoms with E-state index < -0.39 is 10.8 Å². The summed E-state index contributed by atoms with van der Waals surface area (Å²) in [7, 11) is 0. The second-order valence-electron chi connectivity index (χ2n) is 7.46. The molecule has 0 saturated heterocycles. The lowest BCUT2D eigenvalue weighted by Gasteiger charge is -2.14. The number of hydrogen-bond acceptors (Lipinski definition) is 6. The minimum absolute atomic E-state index is 0.00220. The zero-order valence-electron chi connectivity index (χ0n) is 19.1. The summed E-state index contributed by atoms with van der Waals surface area (Å²) in [6.45, 7) is 4.28. The maximum atomic E-state index is 12.7. The van der Waals surface area contributed by atoms with Crippen LogP contribution in [0.4, 0.5) is 11.4 Å². The van der Waals surface area contributed by atoms with E-state index in [2.05, 4.69) is 21.2 Å². The fourth-order valence-corrected chi connectivity index (χ4v) is 3.58. The summed E-state index contributed by atoms with van der Waals surface area (Å²) in [6, 6.07) is 18.7. The number of ether oxygens (including phenoxy) is 2. The van der Waals surface area contributed by atoms with Crippen molar-refractivity contribution in [2.24, 2.45) is 0 Å². The van der Waals surface area contributed by atoms with Crippen LogP contribution in [0.5, 0.6) is 11.5 Å². The van der Waals surface area contributed by atoms with Crippen LogP contribution < -0.4 is 14.8 Å². The lowest BCUT2D eigenvalue weighted by atomic mass is 10.1. The van der Waals surface area contributed by atoms with E-state index in [0.717, 1.165) is 11.1 Å². The molecule has 0 fully saturated rings. The Morgan fingerprint density at radius 1 is 1.14 bits per heavy atom. The van der Waals surface area contributed by atoms with Gasteiger partial charge in [0, 0.05) is 22.3 Å². The Labute approximate surface area is 211 Å². The van der Waals surface area contributed by atoms with E-state index in [4.69, 9.17) is 9.47 Å². The van der Waals surface area contributed by atoms with Gasteiger partial charge in [0.05, 0.1) is 11.5 Å². The van der Waals surface area contributed by atoms with E-state index in [-0.39, 0.29) is 17.9 Å².